The molecule has 0 fully saturated rings. The van der Waals surface area contributed by atoms with Crippen molar-refractivity contribution in [3.05, 3.63) is 71.2 Å². The van der Waals surface area contributed by atoms with E-state index in [4.69, 9.17) is 11.6 Å². The Morgan fingerprint density at radius 2 is 1.52 bits per heavy atom. The van der Waals surface area contributed by atoms with Crippen molar-refractivity contribution in [2.75, 3.05) is 10.0 Å². The minimum absolute atomic E-state index is 0.143. The van der Waals surface area contributed by atoms with Crippen LogP contribution in [-0.4, -0.2) is 18.6 Å². The van der Waals surface area contributed by atoms with E-state index in [9.17, 15) is 8.42 Å². The van der Waals surface area contributed by atoms with Crippen LogP contribution in [0.1, 0.15) is 5.56 Å². The maximum Gasteiger partial charge on any atom is 0.263 e. The molecule has 3 rings (SSSR count). The van der Waals surface area contributed by atoms with Gasteiger partial charge in [-0.25, -0.2) is 8.42 Å². The third-order valence-corrected chi connectivity index (χ3v) is 5.17. The maximum atomic E-state index is 12.4. The summed E-state index contributed by atoms with van der Waals surface area (Å²) in [5.41, 5.74) is 1.45. The summed E-state index contributed by atoms with van der Waals surface area (Å²) >= 11 is 5.84. The normalized spacial score (nSPS) is 11.1. The van der Waals surface area contributed by atoms with Gasteiger partial charge in [-0.15, -0.1) is 10.2 Å². The van der Waals surface area contributed by atoms with Gasteiger partial charge in [0.05, 0.1) is 4.90 Å². The van der Waals surface area contributed by atoms with Gasteiger partial charge in [0, 0.05) is 10.7 Å². The highest BCUT2D eigenvalue weighted by molar-refractivity contribution is 7.92. The van der Waals surface area contributed by atoms with E-state index in [1.807, 2.05) is 0 Å². The molecular formula is C17H15ClN4O2S. The number of aromatic nitrogens is 2. The van der Waals surface area contributed by atoms with Gasteiger partial charge in [-0.3, -0.25) is 4.72 Å². The molecule has 0 radical (unpaired) electrons. The molecule has 0 spiro atoms. The molecule has 0 atom stereocenters. The molecule has 0 saturated heterocycles. The van der Waals surface area contributed by atoms with Crippen LogP contribution in [0.5, 0.6) is 0 Å². The fraction of sp³-hybridized carbons (Fsp3) is 0.0588. The molecule has 0 aliphatic heterocycles. The van der Waals surface area contributed by atoms with Crippen molar-refractivity contribution in [2.45, 2.75) is 11.8 Å². The van der Waals surface area contributed by atoms with Crippen LogP contribution < -0.4 is 10.0 Å². The summed E-state index contributed by atoms with van der Waals surface area (Å²) in [6, 6.07) is 17.0. The van der Waals surface area contributed by atoms with Crippen LogP contribution >= 0.6 is 11.6 Å². The fourth-order valence-electron chi connectivity index (χ4n) is 2.19. The van der Waals surface area contributed by atoms with Crippen molar-refractivity contribution in [1.29, 1.82) is 0 Å². The average molecular weight is 375 g/mol. The zero-order valence-electron chi connectivity index (χ0n) is 13.3. The van der Waals surface area contributed by atoms with Crippen LogP contribution in [-0.2, 0) is 10.0 Å². The Bertz CT molecular complexity index is 974. The second-order valence-corrected chi connectivity index (χ2v) is 7.39. The SMILES string of the molecule is Cc1ccccc1S(=O)(=O)Nc1ccc(Nc2ccc(Cl)cc2)nn1. The number of rotatable bonds is 5. The van der Waals surface area contributed by atoms with E-state index in [0.717, 1.165) is 5.69 Å². The number of benzene rings is 2. The lowest BCUT2D eigenvalue weighted by Crippen LogP contribution is -2.15. The van der Waals surface area contributed by atoms with E-state index >= 15 is 0 Å². The topological polar surface area (TPSA) is 84.0 Å². The molecule has 1 heterocycles. The highest BCUT2D eigenvalue weighted by Gasteiger charge is 2.17. The van der Waals surface area contributed by atoms with Crippen molar-refractivity contribution >= 4 is 38.9 Å². The molecule has 0 aliphatic carbocycles. The first-order valence-corrected chi connectivity index (χ1v) is 9.25. The van der Waals surface area contributed by atoms with Crippen molar-refractivity contribution in [3.63, 3.8) is 0 Å². The monoisotopic (exact) mass is 374 g/mol. The Morgan fingerprint density at radius 1 is 0.880 bits per heavy atom. The zero-order valence-corrected chi connectivity index (χ0v) is 14.8. The van der Waals surface area contributed by atoms with Gasteiger partial charge in [0.25, 0.3) is 10.0 Å². The first kappa shape index (κ1) is 17.2. The van der Waals surface area contributed by atoms with Crippen LogP contribution in [0.15, 0.2) is 65.6 Å². The molecule has 0 aliphatic rings. The van der Waals surface area contributed by atoms with Gasteiger partial charge < -0.3 is 5.32 Å². The van der Waals surface area contributed by atoms with Crippen LogP contribution in [0.2, 0.25) is 5.02 Å². The first-order valence-electron chi connectivity index (χ1n) is 7.39. The molecule has 0 amide bonds. The average Bonchev–Trinajstić information content (AvgIpc) is 2.59. The largest absolute Gasteiger partial charge is 0.339 e. The van der Waals surface area contributed by atoms with Crippen LogP contribution in [0, 0.1) is 6.92 Å². The number of sulfonamides is 1. The minimum Gasteiger partial charge on any atom is -0.339 e. The molecule has 25 heavy (non-hydrogen) atoms. The van der Waals surface area contributed by atoms with Gasteiger partial charge in [0.2, 0.25) is 0 Å². The molecular weight excluding hydrogens is 360 g/mol. The van der Waals surface area contributed by atoms with E-state index in [2.05, 4.69) is 20.2 Å². The quantitative estimate of drug-likeness (QED) is 0.705. The minimum atomic E-state index is -3.71. The summed E-state index contributed by atoms with van der Waals surface area (Å²) in [5, 5.41) is 11.6. The zero-order chi connectivity index (χ0) is 17.9. The number of nitrogens with one attached hydrogen (secondary N) is 2. The second-order valence-electron chi connectivity index (χ2n) is 5.31. The van der Waals surface area contributed by atoms with E-state index in [0.29, 0.717) is 16.4 Å². The van der Waals surface area contributed by atoms with Gasteiger partial charge in [-0.2, -0.15) is 0 Å². The summed E-state index contributed by atoms with van der Waals surface area (Å²) in [7, 11) is -3.71. The fourth-order valence-corrected chi connectivity index (χ4v) is 3.55. The molecule has 128 valence electrons. The Morgan fingerprint density at radius 3 is 2.16 bits per heavy atom. The standard InChI is InChI=1S/C17H15ClN4O2S/c1-12-4-2-3-5-15(12)25(23,24)22-17-11-10-16(20-21-17)19-14-8-6-13(18)7-9-14/h2-11H,1H3,(H,19,20)(H,21,22). The van der Waals surface area contributed by atoms with Crippen LogP contribution in [0.4, 0.5) is 17.3 Å². The van der Waals surface area contributed by atoms with E-state index in [1.54, 1.807) is 67.6 Å². The van der Waals surface area contributed by atoms with Crippen molar-refractivity contribution in [2.24, 2.45) is 0 Å². The number of halogens is 1. The Hall–Kier alpha value is -2.64. The summed E-state index contributed by atoms with van der Waals surface area (Å²) in [4.78, 5) is 0.208. The molecule has 8 heteroatoms. The van der Waals surface area contributed by atoms with E-state index in [1.165, 1.54) is 0 Å². The third-order valence-electron chi connectivity index (χ3n) is 3.40. The molecule has 2 N–H and O–H groups in total. The molecule has 3 aromatic rings. The number of aryl methyl sites for hydroxylation is 1. The number of hydrogen-bond acceptors (Lipinski definition) is 5. The highest BCUT2D eigenvalue weighted by Crippen LogP contribution is 2.20. The highest BCUT2D eigenvalue weighted by atomic mass is 35.5. The lowest BCUT2D eigenvalue weighted by atomic mass is 10.2. The molecule has 0 bridgehead atoms. The number of nitrogens with zero attached hydrogens (tertiary/aromatic N) is 2. The van der Waals surface area contributed by atoms with Crippen molar-refractivity contribution in [3.8, 4) is 0 Å². The van der Waals surface area contributed by atoms with E-state index < -0.39 is 10.0 Å². The van der Waals surface area contributed by atoms with Gasteiger partial charge in [0.15, 0.2) is 11.6 Å². The van der Waals surface area contributed by atoms with Crippen LogP contribution in [0.25, 0.3) is 0 Å². The summed E-state index contributed by atoms with van der Waals surface area (Å²) in [6.45, 7) is 1.74. The molecule has 0 unspecified atom stereocenters. The van der Waals surface area contributed by atoms with E-state index in [-0.39, 0.29) is 10.7 Å². The van der Waals surface area contributed by atoms with Crippen molar-refractivity contribution < 1.29 is 8.42 Å². The maximum absolute atomic E-state index is 12.4. The summed E-state index contributed by atoms with van der Waals surface area (Å²) < 4.78 is 27.3. The van der Waals surface area contributed by atoms with Gasteiger partial charge >= 0.3 is 0 Å². The van der Waals surface area contributed by atoms with Crippen molar-refractivity contribution in [1.82, 2.24) is 10.2 Å². The smallest absolute Gasteiger partial charge is 0.263 e. The molecule has 2 aromatic carbocycles. The summed E-state index contributed by atoms with van der Waals surface area (Å²) in [5.74, 6) is 0.631. The van der Waals surface area contributed by atoms with Crippen LogP contribution in [0.3, 0.4) is 0 Å². The number of hydrogen-bond donors (Lipinski definition) is 2. The van der Waals surface area contributed by atoms with Gasteiger partial charge in [-0.05, 0) is 55.0 Å². The van der Waals surface area contributed by atoms with Gasteiger partial charge in [0.1, 0.15) is 0 Å². The lowest BCUT2D eigenvalue weighted by molar-refractivity contribution is 0.600. The van der Waals surface area contributed by atoms with Gasteiger partial charge in [-0.1, -0.05) is 29.8 Å². The second kappa shape index (κ2) is 7.08. The Balaban J connectivity index is 1.74. The number of anilines is 3. The summed E-state index contributed by atoms with van der Waals surface area (Å²) in [6.07, 6.45) is 0. The lowest BCUT2D eigenvalue weighted by Gasteiger charge is -2.10. The molecule has 0 saturated carbocycles. The predicted molar refractivity (Wildman–Crippen MR) is 98.8 cm³/mol. The Labute approximate surface area is 150 Å². The predicted octanol–water partition coefficient (Wildman–Crippen LogP) is 3.98. The molecule has 1 aromatic heterocycles. The molecule has 6 nitrogen and oxygen atoms in total. The first-order chi connectivity index (χ1) is 11.9. The Kier molecular flexibility index (Phi) is 4.87. The third kappa shape index (κ3) is 4.26.